The molecule has 0 spiro atoms. The normalized spacial score (nSPS) is 10.8. The van der Waals surface area contributed by atoms with Gasteiger partial charge in [-0.15, -0.1) is 5.10 Å². The van der Waals surface area contributed by atoms with Crippen LogP contribution in [0.2, 0.25) is 0 Å². The van der Waals surface area contributed by atoms with E-state index in [4.69, 9.17) is 0 Å². The third-order valence-electron chi connectivity index (χ3n) is 2.41. The molecule has 0 aliphatic heterocycles. The Morgan fingerprint density at radius 3 is 2.84 bits per heavy atom. The second-order valence-corrected chi connectivity index (χ2v) is 4.74. The quantitative estimate of drug-likeness (QED) is 0.640. The molecule has 0 saturated carbocycles. The highest BCUT2D eigenvalue weighted by Gasteiger charge is 2.00. The van der Waals surface area contributed by atoms with Crippen molar-refractivity contribution in [3.05, 3.63) is 52.3 Å². The van der Waals surface area contributed by atoms with Crippen molar-refractivity contribution >= 4 is 28.0 Å². The lowest BCUT2D eigenvalue weighted by Crippen LogP contribution is -1.99. The Morgan fingerprint density at radius 1 is 1.42 bits per heavy atom. The van der Waals surface area contributed by atoms with Crippen molar-refractivity contribution in [2.75, 3.05) is 7.11 Å². The molecule has 2 aromatic rings. The molecule has 0 unspecified atom stereocenters. The molecule has 98 valence electrons. The van der Waals surface area contributed by atoms with Crippen molar-refractivity contribution in [2.45, 2.75) is 6.54 Å². The van der Waals surface area contributed by atoms with Gasteiger partial charge in [-0.25, -0.2) is 9.48 Å². The molecule has 0 bridgehead atoms. The first-order valence-electron chi connectivity index (χ1n) is 5.58. The van der Waals surface area contributed by atoms with Gasteiger partial charge in [0.2, 0.25) is 0 Å². The van der Waals surface area contributed by atoms with Crippen LogP contribution in [0.3, 0.4) is 0 Å². The number of esters is 1. The van der Waals surface area contributed by atoms with Gasteiger partial charge >= 0.3 is 5.97 Å². The lowest BCUT2D eigenvalue weighted by atomic mass is 10.2. The Morgan fingerprint density at radius 2 is 2.16 bits per heavy atom. The summed E-state index contributed by atoms with van der Waals surface area (Å²) in [5.74, 6) is -0.414. The summed E-state index contributed by atoms with van der Waals surface area (Å²) in [5.41, 5.74) is 1.74. The zero-order valence-corrected chi connectivity index (χ0v) is 11.9. The first kappa shape index (κ1) is 13.5. The van der Waals surface area contributed by atoms with E-state index in [9.17, 15) is 4.79 Å². The Hall–Kier alpha value is -1.95. The molecule has 2 rings (SSSR count). The Kier molecular flexibility index (Phi) is 4.46. The van der Waals surface area contributed by atoms with Crippen molar-refractivity contribution in [2.24, 2.45) is 0 Å². The summed E-state index contributed by atoms with van der Waals surface area (Å²) in [6.07, 6.45) is 4.65. The zero-order chi connectivity index (χ0) is 13.7. The maximum atomic E-state index is 10.9. The van der Waals surface area contributed by atoms with Gasteiger partial charge in [-0.3, -0.25) is 0 Å². The lowest BCUT2D eigenvalue weighted by Gasteiger charge is -2.00. The number of methoxy groups -OCH3 is 1. The number of carbonyl (C=O) groups excluding carboxylic acids is 1. The molecule has 0 atom stereocenters. The van der Waals surface area contributed by atoms with Crippen molar-refractivity contribution < 1.29 is 9.53 Å². The van der Waals surface area contributed by atoms with E-state index in [0.717, 1.165) is 10.0 Å². The number of halogens is 1. The van der Waals surface area contributed by atoms with Crippen LogP contribution in [0.1, 0.15) is 11.3 Å². The molecule has 0 aliphatic rings. The van der Waals surface area contributed by atoms with Crippen LogP contribution >= 0.6 is 15.9 Å². The molecule has 5 nitrogen and oxygen atoms in total. The van der Waals surface area contributed by atoms with Gasteiger partial charge in [0.05, 0.1) is 19.9 Å². The van der Waals surface area contributed by atoms with Crippen LogP contribution in [0.15, 0.2) is 41.0 Å². The van der Waals surface area contributed by atoms with Crippen LogP contribution in [0.4, 0.5) is 0 Å². The molecule has 0 amide bonds. The summed E-state index contributed by atoms with van der Waals surface area (Å²) in [6.45, 7) is 0.631. The SMILES string of the molecule is COC(=O)/C=C\c1cn(Cc2ccc(Br)cc2)nn1. The number of aromatic nitrogens is 3. The van der Waals surface area contributed by atoms with Crippen LogP contribution in [0.25, 0.3) is 6.08 Å². The fourth-order valence-corrected chi connectivity index (χ4v) is 1.73. The van der Waals surface area contributed by atoms with E-state index >= 15 is 0 Å². The second-order valence-electron chi connectivity index (χ2n) is 3.82. The second kappa shape index (κ2) is 6.29. The van der Waals surface area contributed by atoms with Crippen molar-refractivity contribution in [3.63, 3.8) is 0 Å². The average molecular weight is 322 g/mol. The third-order valence-corrected chi connectivity index (χ3v) is 2.93. The number of rotatable bonds is 4. The van der Waals surface area contributed by atoms with Gasteiger partial charge < -0.3 is 4.74 Å². The van der Waals surface area contributed by atoms with Crippen LogP contribution < -0.4 is 0 Å². The van der Waals surface area contributed by atoms with Gasteiger partial charge in [-0.2, -0.15) is 0 Å². The summed E-state index contributed by atoms with van der Waals surface area (Å²) in [6, 6.07) is 7.97. The first-order chi connectivity index (χ1) is 9.17. The number of hydrogen-bond donors (Lipinski definition) is 0. The first-order valence-corrected chi connectivity index (χ1v) is 6.37. The highest BCUT2D eigenvalue weighted by molar-refractivity contribution is 9.10. The van der Waals surface area contributed by atoms with Crippen LogP contribution in [-0.2, 0) is 16.1 Å². The highest BCUT2D eigenvalue weighted by atomic mass is 79.9. The minimum atomic E-state index is -0.414. The molecular formula is C13H12BrN3O2. The van der Waals surface area contributed by atoms with Gasteiger partial charge in [0.1, 0.15) is 5.69 Å². The molecular weight excluding hydrogens is 310 g/mol. The fraction of sp³-hybridized carbons (Fsp3) is 0.154. The largest absolute Gasteiger partial charge is 0.466 e. The minimum absolute atomic E-state index is 0.414. The number of carbonyl (C=O) groups is 1. The van der Waals surface area contributed by atoms with Crippen LogP contribution in [-0.4, -0.2) is 28.1 Å². The highest BCUT2D eigenvalue weighted by Crippen LogP contribution is 2.11. The standard InChI is InChI=1S/C13H12BrN3O2/c1-19-13(18)7-6-12-9-17(16-15-12)8-10-2-4-11(14)5-3-10/h2-7,9H,8H2,1H3/b7-6-. The maximum Gasteiger partial charge on any atom is 0.330 e. The summed E-state index contributed by atoms with van der Waals surface area (Å²) >= 11 is 3.39. The Labute approximate surface area is 119 Å². The van der Waals surface area contributed by atoms with Gasteiger partial charge in [0.25, 0.3) is 0 Å². The molecule has 0 fully saturated rings. The minimum Gasteiger partial charge on any atom is -0.466 e. The number of ether oxygens (including phenoxy) is 1. The lowest BCUT2D eigenvalue weighted by molar-refractivity contribution is -0.134. The fourth-order valence-electron chi connectivity index (χ4n) is 1.47. The van der Waals surface area contributed by atoms with Gasteiger partial charge in [0, 0.05) is 10.5 Å². The van der Waals surface area contributed by atoms with E-state index in [0.29, 0.717) is 12.2 Å². The molecule has 0 N–H and O–H groups in total. The van der Waals surface area contributed by atoms with Crippen molar-refractivity contribution in [3.8, 4) is 0 Å². The van der Waals surface area contributed by atoms with Crippen LogP contribution in [0.5, 0.6) is 0 Å². The van der Waals surface area contributed by atoms with E-state index < -0.39 is 5.97 Å². The van der Waals surface area contributed by atoms with Crippen molar-refractivity contribution in [1.82, 2.24) is 15.0 Å². The molecule has 0 saturated heterocycles. The Balaban J connectivity index is 2.03. The summed E-state index contributed by atoms with van der Waals surface area (Å²) < 4.78 is 7.25. The third kappa shape index (κ3) is 4.03. The molecule has 0 radical (unpaired) electrons. The smallest absolute Gasteiger partial charge is 0.330 e. The predicted octanol–water partition coefficient (Wildman–Crippen LogP) is 2.28. The molecule has 1 aromatic carbocycles. The zero-order valence-electron chi connectivity index (χ0n) is 10.3. The van der Waals surface area contributed by atoms with Crippen LogP contribution in [0, 0.1) is 0 Å². The molecule has 0 aliphatic carbocycles. The van der Waals surface area contributed by atoms with E-state index in [1.54, 1.807) is 17.0 Å². The van der Waals surface area contributed by atoms with E-state index in [1.807, 2.05) is 24.3 Å². The summed E-state index contributed by atoms with van der Waals surface area (Å²) in [5, 5.41) is 7.93. The number of benzene rings is 1. The molecule has 1 aromatic heterocycles. The average Bonchev–Trinajstić information content (AvgIpc) is 2.86. The maximum absolute atomic E-state index is 10.9. The van der Waals surface area contributed by atoms with Gasteiger partial charge in [-0.05, 0) is 23.8 Å². The van der Waals surface area contributed by atoms with E-state index in [-0.39, 0.29) is 0 Å². The monoisotopic (exact) mass is 321 g/mol. The van der Waals surface area contributed by atoms with Gasteiger partial charge in [-0.1, -0.05) is 33.3 Å². The molecule has 19 heavy (non-hydrogen) atoms. The topological polar surface area (TPSA) is 57.0 Å². The number of hydrogen-bond acceptors (Lipinski definition) is 4. The van der Waals surface area contributed by atoms with E-state index in [1.165, 1.54) is 13.2 Å². The summed E-state index contributed by atoms with van der Waals surface area (Å²) in [4.78, 5) is 10.9. The predicted molar refractivity (Wildman–Crippen MR) is 74.3 cm³/mol. The Bertz CT molecular complexity index is 590. The van der Waals surface area contributed by atoms with E-state index in [2.05, 4.69) is 31.0 Å². The number of nitrogens with zero attached hydrogens (tertiary/aromatic N) is 3. The summed E-state index contributed by atoms with van der Waals surface area (Å²) in [7, 11) is 1.33. The van der Waals surface area contributed by atoms with Crippen molar-refractivity contribution in [1.29, 1.82) is 0 Å². The molecule has 6 heteroatoms. The van der Waals surface area contributed by atoms with Gasteiger partial charge in [0.15, 0.2) is 0 Å². The molecule has 1 heterocycles.